The van der Waals surface area contributed by atoms with Gasteiger partial charge in [-0.3, -0.25) is 0 Å². The van der Waals surface area contributed by atoms with Crippen LogP contribution in [-0.2, 0) is 9.13 Å². The summed E-state index contributed by atoms with van der Waals surface area (Å²) in [5.41, 5.74) is -0.846. The summed E-state index contributed by atoms with van der Waals surface area (Å²) in [6, 6.07) is 5.44. The Morgan fingerprint density at radius 3 is 1.88 bits per heavy atom. The maximum absolute atomic E-state index is 14.7. The van der Waals surface area contributed by atoms with Crippen molar-refractivity contribution in [2.75, 3.05) is 7.11 Å². The van der Waals surface area contributed by atoms with Crippen molar-refractivity contribution < 1.29 is 18.6 Å². The van der Waals surface area contributed by atoms with Gasteiger partial charge in [0.25, 0.3) is 0 Å². The molecule has 2 atom stereocenters. The lowest BCUT2D eigenvalue weighted by Crippen LogP contribution is -2.39. The molecule has 1 aliphatic rings. The molecule has 148 valence electrons. The smallest absolute Gasteiger partial charge is 0.208 e. The molecule has 0 aromatic heterocycles. The predicted molar refractivity (Wildman–Crippen MR) is 112 cm³/mol. The van der Waals surface area contributed by atoms with Gasteiger partial charge in [-0.1, -0.05) is 68.4 Å². The molecule has 0 amide bonds. The summed E-state index contributed by atoms with van der Waals surface area (Å²) in [5, 5.41) is -1.10. The van der Waals surface area contributed by atoms with Gasteiger partial charge in [0.2, 0.25) is 5.59 Å². The molecule has 1 aliphatic heterocycles. The zero-order valence-corrected chi connectivity index (χ0v) is 19.6. The van der Waals surface area contributed by atoms with E-state index in [1.807, 2.05) is 80.5 Å². The Morgan fingerprint density at radius 1 is 1.00 bits per heavy atom. The maximum atomic E-state index is 14.7. The lowest BCUT2D eigenvalue weighted by molar-refractivity contribution is 0.332. The van der Waals surface area contributed by atoms with Crippen molar-refractivity contribution in [3.63, 3.8) is 0 Å². The van der Waals surface area contributed by atoms with Gasteiger partial charge in [0.15, 0.2) is 7.14 Å². The molecule has 1 aromatic carbocycles. The van der Waals surface area contributed by atoms with Gasteiger partial charge < -0.3 is 18.6 Å². The maximum Gasteiger partial charge on any atom is 0.208 e. The van der Waals surface area contributed by atoms with E-state index in [0.29, 0.717) is 16.8 Å². The molecule has 1 aromatic rings. The highest BCUT2D eigenvalue weighted by Crippen LogP contribution is 2.83. The quantitative estimate of drug-likeness (QED) is 0.561. The van der Waals surface area contributed by atoms with Gasteiger partial charge in [-0.2, -0.15) is 0 Å². The van der Waals surface area contributed by atoms with Gasteiger partial charge in [0.1, 0.15) is 23.9 Å². The Morgan fingerprint density at radius 2 is 1.50 bits per heavy atom. The van der Waals surface area contributed by atoms with E-state index in [1.165, 1.54) is 0 Å². The Hall–Kier alpha value is -0.720. The second kappa shape index (κ2) is 6.14. The van der Waals surface area contributed by atoms with E-state index in [9.17, 15) is 9.13 Å². The van der Waals surface area contributed by atoms with E-state index in [0.717, 1.165) is 0 Å². The first-order valence-electron chi connectivity index (χ1n) is 9.07. The number of hydrogen-bond acceptors (Lipinski definition) is 4. The average Bonchev–Trinajstić information content (AvgIpc) is 2.78. The summed E-state index contributed by atoms with van der Waals surface area (Å²) < 4.78 is 41.2. The monoisotopic (exact) mass is 400 g/mol. The van der Waals surface area contributed by atoms with Crippen LogP contribution in [0.3, 0.4) is 0 Å². The standard InChI is InChI=1S/C20H34O4P2/c1-18(2,3)25(21)16-14(23-10)12-11-13-15(16)24-17(25)26(22,19(4,5)6)20(7,8)9/h11-13,17H,1-10H3/t17-,25+/m1/s1. The third-order valence-electron chi connectivity index (χ3n) is 5.36. The van der Waals surface area contributed by atoms with Gasteiger partial charge in [-0.15, -0.1) is 0 Å². The van der Waals surface area contributed by atoms with Crippen LogP contribution in [0.1, 0.15) is 62.3 Å². The molecule has 4 nitrogen and oxygen atoms in total. The van der Waals surface area contributed by atoms with Crippen molar-refractivity contribution in [2.24, 2.45) is 0 Å². The summed E-state index contributed by atoms with van der Waals surface area (Å²) in [6.07, 6.45) is 0. The summed E-state index contributed by atoms with van der Waals surface area (Å²) in [7, 11) is -4.77. The predicted octanol–water partition coefficient (Wildman–Crippen LogP) is 6.12. The molecule has 0 saturated carbocycles. The van der Waals surface area contributed by atoms with Crippen molar-refractivity contribution in [1.29, 1.82) is 0 Å². The van der Waals surface area contributed by atoms with Crippen LogP contribution in [0.2, 0.25) is 0 Å². The summed E-state index contributed by atoms with van der Waals surface area (Å²) in [5.74, 6) is 1.10. The van der Waals surface area contributed by atoms with E-state index in [2.05, 4.69) is 0 Å². The third kappa shape index (κ3) is 2.80. The van der Waals surface area contributed by atoms with Crippen molar-refractivity contribution in [1.82, 2.24) is 0 Å². The summed E-state index contributed by atoms with van der Waals surface area (Å²) in [6.45, 7) is 17.6. The van der Waals surface area contributed by atoms with Crippen LogP contribution in [-0.4, -0.2) is 28.2 Å². The van der Waals surface area contributed by atoms with Gasteiger partial charge in [-0.05, 0) is 12.1 Å². The molecule has 0 spiro atoms. The minimum atomic E-state index is -3.23. The number of hydrogen-bond donors (Lipinski definition) is 0. The molecular weight excluding hydrogens is 366 g/mol. The molecule has 0 bridgehead atoms. The van der Waals surface area contributed by atoms with Crippen LogP contribution in [0.15, 0.2) is 18.2 Å². The van der Waals surface area contributed by atoms with Crippen LogP contribution in [0.25, 0.3) is 0 Å². The van der Waals surface area contributed by atoms with E-state index >= 15 is 0 Å². The second-order valence-corrected chi connectivity index (χ2v) is 18.5. The molecule has 0 saturated heterocycles. The SMILES string of the molecule is COc1cccc2c1[P@@](=O)(C(C)(C)C)[C@H](P(=O)(C(C)(C)C)C(C)(C)C)O2. The molecule has 26 heavy (non-hydrogen) atoms. The molecule has 0 N–H and O–H groups in total. The molecule has 2 rings (SSSR count). The van der Waals surface area contributed by atoms with Crippen molar-refractivity contribution in [3.8, 4) is 11.5 Å². The van der Waals surface area contributed by atoms with Crippen LogP contribution < -0.4 is 14.8 Å². The number of benzene rings is 1. The summed E-state index contributed by atoms with van der Waals surface area (Å²) in [4.78, 5) is 0. The van der Waals surface area contributed by atoms with Crippen LogP contribution in [0, 0.1) is 0 Å². The van der Waals surface area contributed by atoms with Gasteiger partial charge in [0, 0.05) is 15.5 Å². The Bertz CT molecular complexity index is 773. The van der Waals surface area contributed by atoms with Crippen LogP contribution in [0.5, 0.6) is 11.5 Å². The average molecular weight is 400 g/mol. The molecular formula is C20H34O4P2. The fourth-order valence-corrected chi connectivity index (χ4v) is 15.7. The highest BCUT2D eigenvalue weighted by molar-refractivity contribution is 7.87. The van der Waals surface area contributed by atoms with E-state index in [4.69, 9.17) is 9.47 Å². The fourth-order valence-electron chi connectivity index (χ4n) is 4.03. The first-order valence-corrected chi connectivity index (χ1v) is 12.6. The van der Waals surface area contributed by atoms with Crippen molar-refractivity contribution >= 4 is 19.6 Å². The fraction of sp³-hybridized carbons (Fsp3) is 0.700. The zero-order chi connectivity index (χ0) is 20.3. The van der Waals surface area contributed by atoms with Gasteiger partial charge in [0.05, 0.1) is 7.11 Å². The first kappa shape index (κ1) is 21.6. The van der Waals surface area contributed by atoms with Crippen molar-refractivity contribution in [3.05, 3.63) is 18.2 Å². The molecule has 0 fully saturated rings. The normalized spacial score (nSPS) is 24.2. The Labute approximate surface area is 158 Å². The van der Waals surface area contributed by atoms with Crippen LogP contribution in [0.4, 0.5) is 0 Å². The first-order chi connectivity index (χ1) is 11.5. The third-order valence-corrected chi connectivity index (χ3v) is 15.8. The zero-order valence-electron chi connectivity index (χ0n) is 17.8. The Kier molecular flexibility index (Phi) is 5.10. The molecule has 0 aliphatic carbocycles. The number of ether oxygens (including phenoxy) is 2. The number of fused-ring (bicyclic) bond motifs is 1. The molecule has 0 unspecified atom stereocenters. The van der Waals surface area contributed by atoms with Crippen molar-refractivity contribution in [2.45, 2.75) is 83.4 Å². The lowest BCUT2D eigenvalue weighted by atomic mass is 10.2. The van der Waals surface area contributed by atoms with E-state index < -0.39 is 35.3 Å². The topological polar surface area (TPSA) is 52.6 Å². The highest BCUT2D eigenvalue weighted by atomic mass is 31.2. The highest BCUT2D eigenvalue weighted by Gasteiger charge is 2.66. The summed E-state index contributed by atoms with van der Waals surface area (Å²) >= 11 is 0. The minimum Gasteiger partial charge on any atom is -0.496 e. The van der Waals surface area contributed by atoms with E-state index in [-0.39, 0.29) is 0 Å². The lowest BCUT2D eigenvalue weighted by Gasteiger charge is -2.47. The minimum absolute atomic E-state index is 0.543. The molecule has 0 radical (unpaired) electrons. The number of rotatable bonds is 2. The molecule has 1 heterocycles. The van der Waals surface area contributed by atoms with Crippen LogP contribution >= 0.6 is 14.3 Å². The largest absolute Gasteiger partial charge is 0.496 e. The van der Waals surface area contributed by atoms with E-state index in [1.54, 1.807) is 7.11 Å². The van der Waals surface area contributed by atoms with Gasteiger partial charge >= 0.3 is 0 Å². The van der Waals surface area contributed by atoms with Gasteiger partial charge in [-0.25, -0.2) is 0 Å². The number of methoxy groups -OCH3 is 1. The second-order valence-electron chi connectivity index (χ2n) is 10.1. The molecule has 6 heteroatoms. The Balaban J connectivity index is 2.91.